The zero-order valence-corrected chi connectivity index (χ0v) is 17.7. The average Bonchev–Trinajstić information content (AvgIpc) is 2.64. The fourth-order valence-corrected chi connectivity index (χ4v) is 3.40. The van der Waals surface area contributed by atoms with E-state index in [1.165, 1.54) is 0 Å². The number of ether oxygens (including phenoxy) is 1. The van der Waals surface area contributed by atoms with Crippen LogP contribution in [0.5, 0.6) is 0 Å². The van der Waals surface area contributed by atoms with Gasteiger partial charge in [-0.15, -0.1) is 0 Å². The molecule has 2 amide bonds. The first-order valence-electron chi connectivity index (χ1n) is 9.17. The molecule has 2 aromatic rings. The first-order valence-corrected chi connectivity index (χ1v) is 9.55. The predicted octanol–water partition coefficient (Wildman–Crippen LogP) is 4.10. The van der Waals surface area contributed by atoms with Gasteiger partial charge in [0.25, 0.3) is 0 Å². The van der Waals surface area contributed by atoms with Crippen LogP contribution in [0, 0.1) is 27.7 Å². The van der Waals surface area contributed by atoms with Crippen molar-refractivity contribution in [3.8, 4) is 0 Å². The van der Waals surface area contributed by atoms with Crippen LogP contribution in [0.25, 0.3) is 0 Å². The Morgan fingerprint density at radius 3 is 2.24 bits per heavy atom. The summed E-state index contributed by atoms with van der Waals surface area (Å²) < 4.78 is 5.19. The van der Waals surface area contributed by atoms with Crippen LogP contribution >= 0.6 is 11.6 Å². The van der Waals surface area contributed by atoms with Gasteiger partial charge in [0.1, 0.15) is 0 Å². The number of benzene rings is 2. The molecule has 1 atom stereocenters. The molecule has 0 saturated heterocycles. The third-order valence-corrected chi connectivity index (χ3v) is 5.21. The Hall–Kier alpha value is -2.86. The lowest BCUT2D eigenvalue weighted by Crippen LogP contribution is -2.34. The Morgan fingerprint density at radius 1 is 1.03 bits per heavy atom. The van der Waals surface area contributed by atoms with Crippen LogP contribution in [0.1, 0.15) is 50.6 Å². The smallest absolute Gasteiger partial charge is 0.312 e. The molecule has 0 aromatic heterocycles. The lowest BCUT2D eigenvalue weighted by Gasteiger charge is -2.18. The zero-order chi connectivity index (χ0) is 21.7. The quantitative estimate of drug-likeness (QED) is 0.524. The van der Waals surface area contributed by atoms with E-state index in [4.69, 9.17) is 22.1 Å². The lowest BCUT2D eigenvalue weighted by atomic mass is 9.92. The van der Waals surface area contributed by atoms with E-state index >= 15 is 0 Å². The summed E-state index contributed by atoms with van der Waals surface area (Å²) in [4.78, 5) is 36.2. The van der Waals surface area contributed by atoms with Crippen LogP contribution in [-0.4, -0.2) is 24.4 Å². The third-order valence-electron chi connectivity index (χ3n) is 4.96. The van der Waals surface area contributed by atoms with Crippen LogP contribution in [0.3, 0.4) is 0 Å². The molecular formula is C22H25ClN2O4. The van der Waals surface area contributed by atoms with Crippen molar-refractivity contribution in [1.82, 2.24) is 5.32 Å². The van der Waals surface area contributed by atoms with E-state index in [1.807, 2.05) is 33.8 Å². The van der Waals surface area contributed by atoms with Gasteiger partial charge in [-0.1, -0.05) is 29.8 Å². The van der Waals surface area contributed by atoms with Gasteiger partial charge in [0, 0.05) is 10.6 Å². The Labute approximate surface area is 175 Å². The number of hydrogen-bond acceptors (Lipinski definition) is 4. The molecule has 2 aromatic carbocycles. The Balaban J connectivity index is 2.07. The van der Waals surface area contributed by atoms with Crippen LogP contribution in [0.15, 0.2) is 30.3 Å². The van der Waals surface area contributed by atoms with E-state index < -0.39 is 18.0 Å². The highest BCUT2D eigenvalue weighted by molar-refractivity contribution is 6.30. The number of Topliss-reactive ketones (excluding diaryl/α,β-unsaturated/α-hetero) is 1. The van der Waals surface area contributed by atoms with Crippen molar-refractivity contribution in [2.45, 2.75) is 40.2 Å². The Kier molecular flexibility index (Phi) is 7.40. The summed E-state index contributed by atoms with van der Waals surface area (Å²) in [7, 11) is 0. The number of carbonyl (C=O) groups excluding carboxylic acids is 3. The molecule has 0 aliphatic rings. The normalized spacial score (nSPS) is 11.6. The van der Waals surface area contributed by atoms with Crippen LogP contribution in [-0.2, 0) is 9.53 Å². The van der Waals surface area contributed by atoms with Gasteiger partial charge in [0.15, 0.2) is 6.61 Å². The number of esters is 1. The monoisotopic (exact) mass is 416 g/mol. The molecule has 0 fully saturated rings. The van der Waals surface area contributed by atoms with E-state index in [1.54, 1.807) is 24.3 Å². The summed E-state index contributed by atoms with van der Waals surface area (Å²) in [6.07, 6.45) is -0.164. The zero-order valence-electron chi connectivity index (χ0n) is 17.0. The molecule has 2 rings (SSSR count). The van der Waals surface area contributed by atoms with Crippen molar-refractivity contribution in [1.29, 1.82) is 0 Å². The number of nitrogens with two attached hydrogens (primary N) is 1. The van der Waals surface area contributed by atoms with Crippen LogP contribution in [0.2, 0.25) is 5.02 Å². The van der Waals surface area contributed by atoms with Crippen molar-refractivity contribution >= 4 is 29.4 Å². The van der Waals surface area contributed by atoms with Crippen molar-refractivity contribution in [3.05, 3.63) is 68.7 Å². The van der Waals surface area contributed by atoms with Crippen molar-refractivity contribution in [3.63, 3.8) is 0 Å². The topological polar surface area (TPSA) is 98.5 Å². The molecule has 0 unspecified atom stereocenters. The minimum Gasteiger partial charge on any atom is -0.457 e. The lowest BCUT2D eigenvalue weighted by molar-refractivity contribution is -0.143. The summed E-state index contributed by atoms with van der Waals surface area (Å²) >= 11 is 5.88. The second-order valence-corrected chi connectivity index (χ2v) is 7.47. The molecule has 0 aliphatic heterocycles. The standard InChI is InChI=1S/C22H25ClN2O4/c1-12-9-13(2)21(15(4)14(12)3)19(26)11-29-20(27)10-18(25-22(24)28)16-5-7-17(23)8-6-16/h5-9,18H,10-11H2,1-4H3,(H3,24,25,28)/t18-/m0/s1. The van der Waals surface area contributed by atoms with Gasteiger partial charge < -0.3 is 15.8 Å². The molecule has 7 heteroatoms. The van der Waals surface area contributed by atoms with E-state index in [0.717, 1.165) is 22.3 Å². The molecule has 29 heavy (non-hydrogen) atoms. The Bertz CT molecular complexity index is 939. The second kappa shape index (κ2) is 9.56. The van der Waals surface area contributed by atoms with Gasteiger partial charge in [-0.3, -0.25) is 9.59 Å². The van der Waals surface area contributed by atoms with E-state index in [0.29, 0.717) is 16.1 Å². The number of hydrogen-bond donors (Lipinski definition) is 2. The minimum absolute atomic E-state index is 0.164. The van der Waals surface area contributed by atoms with Crippen molar-refractivity contribution < 1.29 is 19.1 Å². The molecule has 0 saturated carbocycles. The van der Waals surface area contributed by atoms with Gasteiger partial charge >= 0.3 is 12.0 Å². The molecule has 0 bridgehead atoms. The molecular weight excluding hydrogens is 392 g/mol. The minimum atomic E-state index is -0.768. The number of ketones is 1. The van der Waals surface area contributed by atoms with Gasteiger partial charge in [-0.05, 0) is 67.6 Å². The maximum Gasteiger partial charge on any atom is 0.312 e. The van der Waals surface area contributed by atoms with Crippen LogP contribution in [0.4, 0.5) is 4.79 Å². The fourth-order valence-electron chi connectivity index (χ4n) is 3.28. The Morgan fingerprint density at radius 2 is 1.66 bits per heavy atom. The van der Waals surface area contributed by atoms with Crippen LogP contribution < -0.4 is 11.1 Å². The van der Waals surface area contributed by atoms with Crippen molar-refractivity contribution in [2.75, 3.05) is 6.61 Å². The average molecular weight is 417 g/mol. The number of urea groups is 1. The number of carbonyl (C=O) groups is 3. The summed E-state index contributed by atoms with van der Waals surface area (Å²) in [5.74, 6) is -0.881. The first-order chi connectivity index (χ1) is 13.6. The number of amides is 2. The van der Waals surface area contributed by atoms with Crippen molar-refractivity contribution in [2.24, 2.45) is 5.73 Å². The molecule has 3 N–H and O–H groups in total. The summed E-state index contributed by atoms with van der Waals surface area (Å²) in [6, 6.07) is 7.16. The maximum atomic E-state index is 12.6. The van der Waals surface area contributed by atoms with Gasteiger partial charge in [0.05, 0.1) is 12.5 Å². The molecule has 0 radical (unpaired) electrons. The van der Waals surface area contributed by atoms with E-state index in [2.05, 4.69) is 5.32 Å². The molecule has 0 heterocycles. The summed E-state index contributed by atoms with van der Waals surface area (Å²) in [5.41, 5.74) is 10.3. The summed E-state index contributed by atoms with van der Waals surface area (Å²) in [6.45, 7) is 7.33. The predicted molar refractivity (Wildman–Crippen MR) is 112 cm³/mol. The molecule has 154 valence electrons. The largest absolute Gasteiger partial charge is 0.457 e. The fraction of sp³-hybridized carbons (Fsp3) is 0.318. The van der Waals surface area contributed by atoms with Gasteiger partial charge in [0.2, 0.25) is 5.78 Å². The van der Waals surface area contributed by atoms with Gasteiger partial charge in [-0.2, -0.15) is 0 Å². The third kappa shape index (κ3) is 5.81. The number of nitrogens with one attached hydrogen (secondary N) is 1. The highest BCUT2D eigenvalue weighted by atomic mass is 35.5. The highest BCUT2D eigenvalue weighted by Gasteiger charge is 2.21. The number of aryl methyl sites for hydroxylation is 2. The second-order valence-electron chi connectivity index (χ2n) is 7.04. The number of halogens is 1. The van der Waals surface area contributed by atoms with E-state index in [9.17, 15) is 14.4 Å². The van der Waals surface area contributed by atoms with E-state index in [-0.39, 0.29) is 18.8 Å². The maximum absolute atomic E-state index is 12.6. The summed E-state index contributed by atoms with van der Waals surface area (Å²) in [5, 5.41) is 3.03. The SMILES string of the molecule is Cc1cc(C)c(C(=O)COC(=O)C[C@H](NC(N)=O)c2ccc(Cl)cc2)c(C)c1C. The highest BCUT2D eigenvalue weighted by Crippen LogP contribution is 2.23. The molecule has 0 aliphatic carbocycles. The number of rotatable bonds is 7. The number of primary amides is 1. The van der Waals surface area contributed by atoms with Gasteiger partial charge in [-0.25, -0.2) is 4.79 Å². The molecule has 0 spiro atoms. The molecule has 6 nitrogen and oxygen atoms in total. The first kappa shape index (κ1) is 22.4.